The number of allylic oxidation sites excluding steroid dienone is 1. The molecular weight excluding hydrogens is 528 g/mol. The minimum absolute atomic E-state index is 0.235. The summed E-state index contributed by atoms with van der Waals surface area (Å²) in [5.74, 6) is 0.770. The first-order valence-electron chi connectivity index (χ1n) is 15.3. The van der Waals surface area contributed by atoms with Crippen LogP contribution < -0.4 is 15.8 Å². The summed E-state index contributed by atoms with van der Waals surface area (Å²) in [4.78, 5) is 32.2. The molecule has 42 heavy (non-hydrogen) atoms. The fraction of sp³-hybridized carbons (Fsp3) is 0.438. The van der Waals surface area contributed by atoms with Crippen molar-refractivity contribution < 1.29 is 6.48 Å². The average molecular weight is 568 g/mol. The van der Waals surface area contributed by atoms with Crippen LogP contribution in [-0.4, -0.2) is 67.5 Å². The van der Waals surface area contributed by atoms with Crippen LogP contribution in [0.2, 0.25) is 0 Å². The summed E-state index contributed by atoms with van der Waals surface area (Å²) in [5, 5.41) is 14.9. The highest BCUT2D eigenvalue weighted by molar-refractivity contribution is 5.77. The maximum Gasteiger partial charge on any atom is 0.278 e. The molecule has 0 amide bonds. The number of nitrogens with zero attached hydrogens (tertiary/aromatic N) is 7. The Hall–Kier alpha value is -4.02. The number of nitrogens with one attached hydrogen (secondary N) is 1. The van der Waals surface area contributed by atoms with Crippen molar-refractivity contribution in [2.75, 3.05) is 37.4 Å². The summed E-state index contributed by atoms with van der Waals surface area (Å²) in [7, 11) is 4.30. The quantitative estimate of drug-likeness (QED) is 0.321. The highest BCUT2D eigenvalue weighted by Crippen LogP contribution is 2.60. The van der Waals surface area contributed by atoms with Gasteiger partial charge in [-0.2, -0.15) is 4.98 Å². The molecular formula is C32H38N8O2. The highest BCUT2D eigenvalue weighted by atomic mass is 16.3. The molecule has 3 aliphatic rings. The molecule has 1 saturated carbocycles. The van der Waals surface area contributed by atoms with Gasteiger partial charge in [0.1, 0.15) is 11.5 Å². The minimum Gasteiger partial charge on any atom is -0.386 e. The fourth-order valence-corrected chi connectivity index (χ4v) is 6.52. The molecule has 218 valence electrons. The fourth-order valence-electron chi connectivity index (χ4n) is 6.52. The van der Waals surface area contributed by atoms with Gasteiger partial charge < -0.3 is 20.2 Å². The van der Waals surface area contributed by atoms with E-state index in [-0.39, 0.29) is 12.1 Å². The molecule has 1 aromatic carbocycles. The van der Waals surface area contributed by atoms with Crippen molar-refractivity contribution in [1.29, 1.82) is 0 Å². The molecule has 1 atom stereocenters. The number of aromatic nitrogens is 5. The molecule has 0 bridgehead atoms. The molecule has 2 N–H and O–H groups in total. The zero-order valence-electron chi connectivity index (χ0n) is 25.3. The molecule has 2 aliphatic carbocycles. The number of anilines is 3. The third-order valence-electron chi connectivity index (χ3n) is 9.30. The molecule has 4 heterocycles. The smallest absolute Gasteiger partial charge is 0.278 e. The number of aryl methyl sites for hydroxylation is 1. The third kappa shape index (κ3) is 4.59. The van der Waals surface area contributed by atoms with Gasteiger partial charge >= 0.3 is 0 Å². The van der Waals surface area contributed by atoms with Gasteiger partial charge in [-0.25, -0.2) is 19.3 Å². The zero-order valence-corrected chi connectivity index (χ0v) is 24.3. The van der Waals surface area contributed by atoms with E-state index in [0.29, 0.717) is 34.5 Å². The number of aliphatic hydroxyl groups is 1. The van der Waals surface area contributed by atoms with E-state index in [9.17, 15) is 9.90 Å². The predicted molar refractivity (Wildman–Crippen MR) is 165 cm³/mol. The van der Waals surface area contributed by atoms with Crippen LogP contribution in [0.15, 0.2) is 60.0 Å². The number of rotatable bonds is 7. The summed E-state index contributed by atoms with van der Waals surface area (Å²) in [6, 6.07) is 12.6. The van der Waals surface area contributed by atoms with Gasteiger partial charge in [0.05, 0.1) is 13.6 Å². The molecule has 1 aliphatic heterocycles. The number of hydrogen-bond acceptors (Lipinski definition) is 8. The van der Waals surface area contributed by atoms with Crippen LogP contribution >= 0.6 is 0 Å². The van der Waals surface area contributed by atoms with Crippen molar-refractivity contribution in [2.24, 2.45) is 5.41 Å². The Morgan fingerprint density at radius 1 is 1.14 bits per heavy atom. The van der Waals surface area contributed by atoms with Gasteiger partial charge in [-0.05, 0) is 88.5 Å². The van der Waals surface area contributed by atoms with E-state index in [2.05, 4.69) is 52.9 Å². The van der Waals surface area contributed by atoms with Crippen LogP contribution in [0.3, 0.4) is 0 Å². The van der Waals surface area contributed by atoms with Gasteiger partial charge in [-0.1, -0.05) is 12.1 Å². The van der Waals surface area contributed by atoms with E-state index in [1.54, 1.807) is 10.8 Å². The van der Waals surface area contributed by atoms with Crippen LogP contribution in [0.1, 0.15) is 50.8 Å². The van der Waals surface area contributed by atoms with Crippen molar-refractivity contribution in [3.05, 3.63) is 76.9 Å². The zero-order chi connectivity index (χ0) is 29.9. The molecule has 1 saturated heterocycles. The van der Waals surface area contributed by atoms with E-state index in [0.717, 1.165) is 62.9 Å². The van der Waals surface area contributed by atoms with Gasteiger partial charge in [0.2, 0.25) is 5.95 Å². The van der Waals surface area contributed by atoms with Crippen LogP contribution in [0.5, 0.6) is 0 Å². The van der Waals surface area contributed by atoms with Gasteiger partial charge in [0.15, 0.2) is 11.5 Å². The lowest BCUT2D eigenvalue weighted by Crippen LogP contribution is -2.41. The maximum absolute atomic E-state index is 13.4. The SMILES string of the molecule is [2H][C@@]1(O)c2nc(-n3c4nc(Nc5ccc(N6CCC(N(C)C)CC6)cc5)ncc4c(=O)n3CC=C)ccc2CCC12CC2. The first-order chi connectivity index (χ1) is 20.7. The Morgan fingerprint density at radius 3 is 2.60 bits per heavy atom. The molecule has 4 aromatic rings. The Kier molecular flexibility index (Phi) is 6.33. The number of hydrogen-bond donors (Lipinski definition) is 2. The molecule has 1 spiro atoms. The maximum atomic E-state index is 13.4. The average Bonchev–Trinajstić information content (AvgIpc) is 3.76. The first-order valence-corrected chi connectivity index (χ1v) is 14.8. The van der Waals surface area contributed by atoms with Crippen molar-refractivity contribution in [3.63, 3.8) is 0 Å². The second kappa shape index (κ2) is 10.4. The predicted octanol–water partition coefficient (Wildman–Crippen LogP) is 4.20. The topological polar surface area (TPSA) is 104 Å². The molecule has 0 unspecified atom stereocenters. The lowest BCUT2D eigenvalue weighted by atomic mass is 9.82. The Bertz CT molecular complexity index is 1750. The van der Waals surface area contributed by atoms with E-state index >= 15 is 0 Å². The molecule has 0 radical (unpaired) electrons. The minimum atomic E-state index is -1.76. The normalized spacial score (nSPS) is 21.9. The molecule has 3 aromatic heterocycles. The third-order valence-corrected chi connectivity index (χ3v) is 9.30. The second-order valence-electron chi connectivity index (χ2n) is 12.1. The van der Waals surface area contributed by atoms with Gasteiger partial charge in [0, 0.05) is 42.1 Å². The molecule has 10 nitrogen and oxygen atoms in total. The summed E-state index contributed by atoms with van der Waals surface area (Å²) in [5.41, 5.74) is 2.97. The number of piperidine rings is 1. The van der Waals surface area contributed by atoms with Gasteiger partial charge in [-0.15, -0.1) is 6.58 Å². The van der Waals surface area contributed by atoms with E-state index in [4.69, 9.17) is 11.3 Å². The lowest BCUT2D eigenvalue weighted by molar-refractivity contribution is 0.0734. The molecule has 7 rings (SSSR count). The van der Waals surface area contributed by atoms with E-state index in [1.165, 1.54) is 16.6 Å². The van der Waals surface area contributed by atoms with Crippen molar-refractivity contribution in [3.8, 4) is 5.82 Å². The van der Waals surface area contributed by atoms with Crippen LogP contribution in [0, 0.1) is 5.41 Å². The number of benzene rings is 1. The van der Waals surface area contributed by atoms with Crippen molar-refractivity contribution in [2.45, 2.75) is 57.2 Å². The monoisotopic (exact) mass is 567 g/mol. The number of pyridine rings is 1. The summed E-state index contributed by atoms with van der Waals surface area (Å²) < 4.78 is 12.0. The lowest BCUT2D eigenvalue weighted by Gasteiger charge is -2.36. The standard InChI is InChI=1S/C32H38N8O2/c1-4-17-39-30(42)25-20-33-31(34-22-6-8-24(9-7-22)38-18-12-23(13-19-38)37(2)3)36-29(25)40(39)26-10-5-21-11-14-32(15-16-32)28(41)27(21)35-26/h4-10,20,23,28,41H,1,11-19H2,2-3H3,(H,33,34,36)/t28-/m1/s1/i28D. The Balaban J connectivity index is 1.21. The largest absolute Gasteiger partial charge is 0.386 e. The van der Waals surface area contributed by atoms with Crippen LogP contribution in [-0.2, 0) is 13.0 Å². The Labute approximate surface area is 246 Å². The first kappa shape index (κ1) is 25.7. The van der Waals surface area contributed by atoms with Crippen LogP contribution in [0.4, 0.5) is 17.3 Å². The summed E-state index contributed by atoms with van der Waals surface area (Å²) in [6.45, 7) is 6.13. The second-order valence-corrected chi connectivity index (χ2v) is 12.1. The summed E-state index contributed by atoms with van der Waals surface area (Å²) in [6.07, 6.45) is 6.92. The van der Waals surface area contributed by atoms with E-state index in [1.807, 2.05) is 24.3 Å². The van der Waals surface area contributed by atoms with Gasteiger partial charge in [0.25, 0.3) is 5.56 Å². The van der Waals surface area contributed by atoms with Gasteiger partial charge in [-0.3, -0.25) is 4.79 Å². The van der Waals surface area contributed by atoms with Crippen molar-refractivity contribution in [1.82, 2.24) is 29.2 Å². The van der Waals surface area contributed by atoms with E-state index < -0.39 is 11.5 Å². The highest BCUT2D eigenvalue weighted by Gasteiger charge is 2.52. The summed E-state index contributed by atoms with van der Waals surface area (Å²) >= 11 is 0. The molecule has 10 heteroatoms. The van der Waals surface area contributed by atoms with Crippen LogP contribution in [0.25, 0.3) is 16.9 Å². The van der Waals surface area contributed by atoms with Crippen molar-refractivity contribution >= 4 is 28.4 Å². The molecule has 2 fully saturated rings. The Morgan fingerprint density at radius 2 is 1.90 bits per heavy atom. The number of fused-ring (bicyclic) bond motifs is 2.